The van der Waals surface area contributed by atoms with E-state index in [2.05, 4.69) is 14.2 Å². The first-order chi connectivity index (χ1) is 16.6. The fourth-order valence-corrected chi connectivity index (χ4v) is 4.37. The quantitative estimate of drug-likeness (QED) is 0.197. The lowest BCUT2D eigenvalue weighted by molar-refractivity contribution is -0.143. The van der Waals surface area contributed by atoms with E-state index >= 15 is 0 Å². The number of nitrogens with zero attached hydrogens (tertiary/aromatic N) is 4. The van der Waals surface area contributed by atoms with Gasteiger partial charge in [-0.05, 0) is 48.8 Å². The zero-order chi connectivity index (χ0) is 26.6. The van der Waals surface area contributed by atoms with Crippen LogP contribution in [0.2, 0.25) is 0 Å². The number of hydrogen-bond donors (Lipinski definition) is 0. The summed E-state index contributed by atoms with van der Waals surface area (Å²) >= 11 is 0.559. The van der Waals surface area contributed by atoms with Gasteiger partial charge in [-0.25, -0.2) is 9.83 Å². The third kappa shape index (κ3) is 4.75. The summed E-state index contributed by atoms with van der Waals surface area (Å²) in [5.74, 6) is -0.0237. The minimum Gasteiger partial charge on any atom is -0.337 e. The van der Waals surface area contributed by atoms with Crippen molar-refractivity contribution in [2.24, 2.45) is 0 Å². The van der Waals surface area contributed by atoms with Crippen LogP contribution in [-0.2, 0) is 25.1 Å². The molecule has 4 aromatic rings. The van der Waals surface area contributed by atoms with Gasteiger partial charge in [-0.15, -0.1) is 0 Å². The van der Waals surface area contributed by atoms with E-state index in [4.69, 9.17) is 6.57 Å². The molecule has 2 aromatic heterocycles. The Morgan fingerprint density at radius 2 is 1.50 bits per heavy atom. The predicted octanol–water partition coefficient (Wildman–Crippen LogP) is 8.12. The molecular formula is C22H11F9N4S. The lowest BCUT2D eigenvalue weighted by Gasteiger charge is -2.13. The molecule has 2 heterocycles. The molecule has 0 bridgehead atoms. The summed E-state index contributed by atoms with van der Waals surface area (Å²) in [5, 5.41) is -0.446. The van der Waals surface area contributed by atoms with Gasteiger partial charge < -0.3 is 4.57 Å². The summed E-state index contributed by atoms with van der Waals surface area (Å²) < 4.78 is 125. The van der Waals surface area contributed by atoms with Gasteiger partial charge in [0.15, 0.2) is 11.5 Å². The van der Waals surface area contributed by atoms with Gasteiger partial charge in [0.2, 0.25) is 0 Å². The predicted molar refractivity (Wildman–Crippen MR) is 112 cm³/mol. The monoisotopic (exact) mass is 534 g/mol. The van der Waals surface area contributed by atoms with Crippen LogP contribution in [-0.4, -0.2) is 13.9 Å². The maximum atomic E-state index is 13.6. The zero-order valence-corrected chi connectivity index (χ0v) is 18.6. The fourth-order valence-electron chi connectivity index (χ4n) is 3.71. The van der Waals surface area contributed by atoms with Gasteiger partial charge in [0.25, 0.3) is 0 Å². The summed E-state index contributed by atoms with van der Waals surface area (Å²) in [7, 11) is 0. The summed E-state index contributed by atoms with van der Waals surface area (Å²) in [4.78, 5) is 6.97. The van der Waals surface area contributed by atoms with Gasteiger partial charge in [0.1, 0.15) is 5.01 Å². The Morgan fingerprint density at radius 1 is 0.889 bits per heavy atom. The highest BCUT2D eigenvalue weighted by Crippen LogP contribution is 2.43. The van der Waals surface area contributed by atoms with E-state index in [1.807, 2.05) is 0 Å². The summed E-state index contributed by atoms with van der Waals surface area (Å²) in [6, 6.07) is 4.63. The van der Waals surface area contributed by atoms with Crippen molar-refractivity contribution in [2.75, 3.05) is 0 Å². The molecule has 14 heteroatoms. The normalized spacial score (nSPS) is 12.8. The van der Waals surface area contributed by atoms with Gasteiger partial charge in [-0.2, -0.15) is 43.9 Å². The molecule has 0 aliphatic rings. The molecule has 188 valence electrons. The van der Waals surface area contributed by atoms with E-state index < -0.39 is 46.5 Å². The SMILES string of the molecule is [C-]#[N+]c1ccc2c(cc(C)n2Cc2nsc(-c3cc(C(F)(F)F)cc(C(F)(F)F)c3)n2)c1C(F)(F)F. The maximum absolute atomic E-state index is 13.6. The van der Waals surface area contributed by atoms with Crippen molar-refractivity contribution in [3.63, 3.8) is 0 Å². The molecule has 0 unspecified atom stereocenters. The highest BCUT2D eigenvalue weighted by atomic mass is 32.1. The Hall–Kier alpha value is -3.60. The van der Waals surface area contributed by atoms with Crippen molar-refractivity contribution in [2.45, 2.75) is 32.0 Å². The van der Waals surface area contributed by atoms with Crippen LogP contribution in [0.4, 0.5) is 45.2 Å². The molecule has 0 spiro atoms. The Balaban J connectivity index is 1.77. The second-order valence-electron chi connectivity index (χ2n) is 7.68. The highest BCUT2D eigenvalue weighted by Gasteiger charge is 2.38. The van der Waals surface area contributed by atoms with E-state index in [0.29, 0.717) is 29.4 Å². The third-order valence-corrected chi connectivity index (χ3v) is 6.08. The molecule has 0 atom stereocenters. The van der Waals surface area contributed by atoms with Crippen molar-refractivity contribution in [3.8, 4) is 10.6 Å². The lowest BCUT2D eigenvalue weighted by Crippen LogP contribution is -2.11. The second-order valence-corrected chi connectivity index (χ2v) is 8.44. The zero-order valence-electron chi connectivity index (χ0n) is 17.8. The molecule has 4 rings (SSSR count). The van der Waals surface area contributed by atoms with Gasteiger partial charge in [-0.3, -0.25) is 0 Å². The molecule has 36 heavy (non-hydrogen) atoms. The van der Waals surface area contributed by atoms with Crippen LogP contribution in [0.5, 0.6) is 0 Å². The first-order valence-corrected chi connectivity index (χ1v) is 10.6. The fraction of sp³-hybridized carbons (Fsp3) is 0.227. The standard InChI is InChI=1S/C22H11F9N4S/c1-10-5-14-16(4-3-15(32-2)18(14)22(29,30)31)35(10)9-17-33-19(36-34-17)11-6-12(20(23,24)25)8-13(7-11)21(26,27)28/h3-8H,9H2,1H3. The number of fused-ring (bicyclic) bond motifs is 1. The Bertz CT molecular complexity index is 1470. The Kier molecular flexibility index (Phi) is 6.02. The smallest absolute Gasteiger partial charge is 0.337 e. The first-order valence-electron chi connectivity index (χ1n) is 9.79. The Labute approximate surface area is 200 Å². The van der Waals surface area contributed by atoms with Gasteiger partial charge in [0, 0.05) is 22.2 Å². The molecule has 0 saturated heterocycles. The van der Waals surface area contributed by atoms with E-state index in [1.54, 1.807) is 0 Å². The molecular weight excluding hydrogens is 523 g/mol. The number of hydrogen-bond acceptors (Lipinski definition) is 3. The summed E-state index contributed by atoms with van der Waals surface area (Å²) in [5.41, 5.74) is -4.68. The van der Waals surface area contributed by atoms with Crippen LogP contribution in [0, 0.1) is 13.5 Å². The van der Waals surface area contributed by atoms with Crippen LogP contribution in [0.15, 0.2) is 36.4 Å². The van der Waals surface area contributed by atoms with Crippen LogP contribution >= 0.6 is 11.5 Å². The average Bonchev–Trinajstić information content (AvgIpc) is 3.35. The average molecular weight is 534 g/mol. The number of aryl methyl sites for hydroxylation is 1. The molecule has 0 radical (unpaired) electrons. The number of rotatable bonds is 3. The van der Waals surface area contributed by atoms with Crippen molar-refractivity contribution >= 4 is 28.1 Å². The summed E-state index contributed by atoms with van der Waals surface area (Å²) in [6.45, 7) is 8.33. The number of alkyl halides is 9. The Morgan fingerprint density at radius 3 is 2.03 bits per heavy atom. The largest absolute Gasteiger partial charge is 0.416 e. The lowest BCUT2D eigenvalue weighted by atomic mass is 10.1. The highest BCUT2D eigenvalue weighted by molar-refractivity contribution is 7.09. The second kappa shape index (κ2) is 8.51. The topological polar surface area (TPSA) is 35.1 Å². The van der Waals surface area contributed by atoms with Crippen LogP contribution in [0.3, 0.4) is 0 Å². The molecule has 2 aromatic carbocycles. The van der Waals surface area contributed by atoms with E-state index in [-0.39, 0.29) is 34.3 Å². The molecule has 0 saturated carbocycles. The van der Waals surface area contributed by atoms with Crippen molar-refractivity contribution in [1.82, 2.24) is 13.9 Å². The van der Waals surface area contributed by atoms with Crippen molar-refractivity contribution < 1.29 is 39.5 Å². The van der Waals surface area contributed by atoms with E-state index in [9.17, 15) is 39.5 Å². The number of aromatic nitrogens is 3. The molecule has 4 nitrogen and oxygen atoms in total. The first kappa shape index (κ1) is 25.5. The van der Waals surface area contributed by atoms with Gasteiger partial charge in [-0.1, -0.05) is 6.07 Å². The summed E-state index contributed by atoms with van der Waals surface area (Å²) in [6.07, 6.45) is -14.9. The number of benzene rings is 2. The third-order valence-electron chi connectivity index (χ3n) is 5.28. The molecule has 0 fully saturated rings. The molecule has 0 amide bonds. The van der Waals surface area contributed by atoms with Crippen LogP contribution in [0.25, 0.3) is 26.3 Å². The van der Waals surface area contributed by atoms with Gasteiger partial charge in [0.05, 0.1) is 29.8 Å². The van der Waals surface area contributed by atoms with Crippen molar-refractivity contribution in [3.05, 3.63) is 76.0 Å². The van der Waals surface area contributed by atoms with E-state index in [0.717, 1.165) is 6.07 Å². The van der Waals surface area contributed by atoms with Crippen molar-refractivity contribution in [1.29, 1.82) is 0 Å². The minimum absolute atomic E-state index is 0.00357. The van der Waals surface area contributed by atoms with E-state index in [1.165, 1.54) is 23.6 Å². The van der Waals surface area contributed by atoms with Gasteiger partial charge >= 0.3 is 18.5 Å². The molecule has 0 aliphatic heterocycles. The molecule has 0 N–H and O–H groups in total. The minimum atomic E-state index is -5.04. The van der Waals surface area contributed by atoms with Crippen LogP contribution < -0.4 is 0 Å². The van der Waals surface area contributed by atoms with Crippen LogP contribution in [0.1, 0.15) is 28.2 Å². The molecule has 0 aliphatic carbocycles. The number of halogens is 9. The maximum Gasteiger partial charge on any atom is 0.416 e.